The molecule has 2 aliphatic heterocycles. The summed E-state index contributed by atoms with van der Waals surface area (Å²) < 4.78 is 12.6. The number of nitro groups is 1. The van der Waals surface area contributed by atoms with Gasteiger partial charge in [-0.05, 0) is 94.2 Å². The molecule has 1 unspecified atom stereocenters. The monoisotopic (exact) mass is 624 g/mol. The van der Waals surface area contributed by atoms with Crippen molar-refractivity contribution >= 4 is 23.2 Å². The van der Waals surface area contributed by atoms with Gasteiger partial charge in [-0.3, -0.25) is 19.7 Å². The summed E-state index contributed by atoms with van der Waals surface area (Å²) >= 11 is 0. The van der Waals surface area contributed by atoms with Crippen molar-refractivity contribution in [2.45, 2.75) is 43.1 Å². The third kappa shape index (κ3) is 3.65. The molecule has 0 saturated carbocycles. The molecule has 2 fully saturated rings. The number of amides is 2. The van der Waals surface area contributed by atoms with Gasteiger partial charge in [-0.15, -0.1) is 0 Å². The second-order valence-electron chi connectivity index (χ2n) is 14.2. The van der Waals surface area contributed by atoms with E-state index in [2.05, 4.69) is 48.5 Å². The summed E-state index contributed by atoms with van der Waals surface area (Å²) in [4.78, 5) is 40.8. The molecule has 2 heterocycles. The van der Waals surface area contributed by atoms with E-state index in [0.717, 1.165) is 47.9 Å². The van der Waals surface area contributed by atoms with Crippen molar-refractivity contribution in [3.05, 3.63) is 140 Å². The van der Waals surface area contributed by atoms with Crippen LogP contribution in [-0.4, -0.2) is 35.7 Å². The number of hydrogen-bond donors (Lipinski definition) is 0. The molecule has 4 aromatic rings. The first kappa shape index (κ1) is 27.5. The fraction of sp³-hybridized carbons (Fsp3) is 0.333. The fourth-order valence-electron chi connectivity index (χ4n) is 10.3. The number of imide groups is 1. The number of rotatable bonds is 2. The Morgan fingerprint density at radius 3 is 1.68 bits per heavy atom. The lowest BCUT2D eigenvalue weighted by atomic mass is 9.54. The first-order valence-corrected chi connectivity index (χ1v) is 16.6. The van der Waals surface area contributed by atoms with Gasteiger partial charge in [-0.1, -0.05) is 60.7 Å². The molecule has 0 radical (unpaired) electrons. The van der Waals surface area contributed by atoms with Crippen LogP contribution in [0.5, 0.6) is 0 Å². The van der Waals surface area contributed by atoms with Gasteiger partial charge < -0.3 is 9.47 Å². The van der Waals surface area contributed by atoms with E-state index in [9.17, 15) is 19.7 Å². The molecule has 8 heteroatoms. The number of anilines is 1. The second-order valence-corrected chi connectivity index (χ2v) is 14.2. The van der Waals surface area contributed by atoms with Crippen LogP contribution in [0.25, 0.3) is 0 Å². The molecule has 7 atom stereocenters. The number of nitro benzene ring substituents is 1. The van der Waals surface area contributed by atoms with Gasteiger partial charge in [0.25, 0.3) is 5.69 Å². The van der Waals surface area contributed by atoms with Crippen LogP contribution in [0.4, 0.5) is 11.4 Å². The Labute approximate surface area is 271 Å². The lowest BCUT2D eigenvalue weighted by Gasteiger charge is -2.46. The van der Waals surface area contributed by atoms with Crippen molar-refractivity contribution in [2.75, 3.05) is 18.3 Å². The first-order valence-electron chi connectivity index (χ1n) is 16.6. The zero-order valence-electron chi connectivity index (χ0n) is 25.6. The summed E-state index contributed by atoms with van der Waals surface area (Å²) in [6.45, 7) is 0.931. The number of non-ortho nitro benzene ring substituents is 1. The van der Waals surface area contributed by atoms with Gasteiger partial charge in [0, 0.05) is 24.0 Å². The van der Waals surface area contributed by atoms with Gasteiger partial charge in [0.2, 0.25) is 11.8 Å². The summed E-state index contributed by atoms with van der Waals surface area (Å²) in [7, 11) is 0. The van der Waals surface area contributed by atoms with Crippen LogP contribution in [0, 0.1) is 33.8 Å². The van der Waals surface area contributed by atoms with Crippen molar-refractivity contribution in [2.24, 2.45) is 23.7 Å². The molecule has 7 aliphatic rings. The maximum absolute atomic E-state index is 14.3. The second kappa shape index (κ2) is 9.69. The average molecular weight is 625 g/mol. The third-order valence-electron chi connectivity index (χ3n) is 12.3. The maximum Gasteiger partial charge on any atom is 0.269 e. The lowest BCUT2D eigenvalue weighted by molar-refractivity contribution is -0.384. The SMILES string of the molecule is O=C1[C@@H]2[C@@H]3c4ccccc4[C@@H](c4cc5c(cc43)C[C@H]3Cc4ccccc4C[C@@H](C5)C34COCO4)[C@@H]2C(=O)N1c1ccc([N+](=O)[O-])cc1. The summed E-state index contributed by atoms with van der Waals surface area (Å²) in [5.74, 6) is -1.48. The largest absolute Gasteiger partial charge is 0.352 e. The molecule has 47 heavy (non-hydrogen) atoms. The van der Waals surface area contributed by atoms with Crippen LogP contribution in [0.2, 0.25) is 0 Å². The molecule has 11 rings (SSSR count). The highest BCUT2D eigenvalue weighted by Gasteiger charge is 2.62. The van der Waals surface area contributed by atoms with Gasteiger partial charge in [-0.25, -0.2) is 4.90 Å². The van der Waals surface area contributed by atoms with Crippen molar-refractivity contribution in [3.63, 3.8) is 0 Å². The molecule has 2 amide bonds. The standard InChI is InChI=1S/C39H32N2O6/c42-37-35-33-29-7-3-4-8-30(29)34(36(35)38(43)40(37)27-9-11-28(12-10-27)41(44)45)32-18-24-16-26-14-22-6-2-1-5-21(22)13-25(15-23(24)17-31(32)33)39(26)19-46-20-47-39/h1-12,17-18,25-26,33-36H,13-16,19-20H2/t25-,26+,33-,34+,35-,36+,39?. The number of carbonyl (C=O) groups excluding carboxylic acids is 2. The van der Waals surface area contributed by atoms with Gasteiger partial charge in [0.1, 0.15) is 12.4 Å². The highest BCUT2D eigenvalue weighted by Crippen LogP contribution is 2.62. The molecule has 1 spiro atoms. The maximum atomic E-state index is 14.3. The third-order valence-corrected chi connectivity index (χ3v) is 12.3. The number of fused-ring (bicyclic) bond motifs is 2. The zero-order valence-corrected chi connectivity index (χ0v) is 25.6. The van der Waals surface area contributed by atoms with Gasteiger partial charge >= 0.3 is 0 Å². The molecule has 2 saturated heterocycles. The van der Waals surface area contributed by atoms with Crippen LogP contribution in [-0.2, 0) is 44.7 Å². The van der Waals surface area contributed by atoms with Crippen LogP contribution in [0.3, 0.4) is 0 Å². The summed E-state index contributed by atoms with van der Waals surface area (Å²) in [5, 5.41) is 11.3. The quantitative estimate of drug-likeness (QED) is 0.157. The molecule has 4 bridgehead atoms. The van der Waals surface area contributed by atoms with Crippen LogP contribution >= 0.6 is 0 Å². The predicted molar refractivity (Wildman–Crippen MR) is 172 cm³/mol. The summed E-state index contributed by atoms with van der Waals surface area (Å²) in [5.41, 5.74) is 9.95. The molecule has 0 aromatic heterocycles. The smallest absolute Gasteiger partial charge is 0.269 e. The average Bonchev–Trinajstić information content (AvgIpc) is 3.62. The minimum atomic E-state index is -0.527. The minimum absolute atomic E-state index is 0.0772. The molecular weight excluding hydrogens is 592 g/mol. The van der Waals surface area contributed by atoms with Gasteiger partial charge in [0.15, 0.2) is 0 Å². The Balaban J connectivity index is 1.10. The number of hydrogen-bond acceptors (Lipinski definition) is 6. The summed E-state index contributed by atoms with van der Waals surface area (Å²) in [6.07, 6.45) is 3.60. The Hall–Kier alpha value is -4.66. The fourth-order valence-corrected chi connectivity index (χ4v) is 10.3. The van der Waals surface area contributed by atoms with Crippen molar-refractivity contribution in [3.8, 4) is 0 Å². The van der Waals surface area contributed by atoms with Gasteiger partial charge in [0.05, 0.1) is 29.1 Å². The van der Waals surface area contributed by atoms with E-state index in [4.69, 9.17) is 9.47 Å². The first-order chi connectivity index (χ1) is 22.9. The highest BCUT2D eigenvalue weighted by molar-refractivity contribution is 6.23. The van der Waals surface area contributed by atoms with Crippen LogP contribution in [0.1, 0.15) is 56.3 Å². The van der Waals surface area contributed by atoms with E-state index in [1.54, 1.807) is 0 Å². The molecule has 4 aromatic carbocycles. The minimum Gasteiger partial charge on any atom is -0.352 e. The normalized spacial score (nSPS) is 31.0. The molecule has 0 N–H and O–H groups in total. The molecule has 5 aliphatic carbocycles. The number of ether oxygens (including phenoxy) is 2. The van der Waals surface area contributed by atoms with E-state index in [1.807, 2.05) is 12.1 Å². The Morgan fingerprint density at radius 2 is 1.19 bits per heavy atom. The van der Waals surface area contributed by atoms with Crippen molar-refractivity contribution in [1.82, 2.24) is 0 Å². The van der Waals surface area contributed by atoms with E-state index in [0.29, 0.717) is 19.1 Å². The number of carbonyl (C=O) groups is 2. The topological polar surface area (TPSA) is 99.0 Å². The molecule has 234 valence electrons. The van der Waals surface area contributed by atoms with Crippen LogP contribution in [0.15, 0.2) is 84.9 Å². The predicted octanol–water partition coefficient (Wildman–Crippen LogP) is 5.86. The van der Waals surface area contributed by atoms with Gasteiger partial charge in [-0.2, -0.15) is 0 Å². The van der Waals surface area contributed by atoms with Crippen LogP contribution < -0.4 is 4.90 Å². The van der Waals surface area contributed by atoms with E-state index < -0.39 is 16.8 Å². The van der Waals surface area contributed by atoms with E-state index >= 15 is 0 Å². The Kier molecular flexibility index (Phi) is 5.66. The zero-order chi connectivity index (χ0) is 31.6. The van der Waals surface area contributed by atoms with E-state index in [-0.39, 0.29) is 46.8 Å². The highest BCUT2D eigenvalue weighted by atomic mass is 16.7. The number of benzene rings is 4. The van der Waals surface area contributed by atoms with Crippen molar-refractivity contribution in [1.29, 1.82) is 0 Å². The molecule has 8 nitrogen and oxygen atoms in total. The Morgan fingerprint density at radius 1 is 0.681 bits per heavy atom. The number of nitrogens with zero attached hydrogens (tertiary/aromatic N) is 2. The lowest BCUT2D eigenvalue weighted by Crippen LogP contribution is -2.48. The van der Waals surface area contributed by atoms with E-state index in [1.165, 1.54) is 51.4 Å². The van der Waals surface area contributed by atoms with Crippen molar-refractivity contribution < 1.29 is 24.0 Å². The Bertz CT molecular complexity index is 1920. The molecular formula is C39H32N2O6. The summed E-state index contributed by atoms with van der Waals surface area (Å²) in [6, 6.07) is 27.6.